The Morgan fingerprint density at radius 1 is 1.32 bits per heavy atom. The van der Waals surface area contributed by atoms with Gasteiger partial charge in [-0.15, -0.1) is 0 Å². The monoisotopic (exact) mass is 257 g/mol. The maximum Gasteiger partial charge on any atom is 0.259 e. The van der Waals surface area contributed by atoms with Crippen LogP contribution in [0.2, 0.25) is 0 Å². The average Bonchev–Trinajstić information content (AvgIpc) is 3.09. The molecule has 1 fully saturated rings. The van der Waals surface area contributed by atoms with Gasteiger partial charge in [0, 0.05) is 36.9 Å². The van der Waals surface area contributed by atoms with E-state index in [0.29, 0.717) is 6.54 Å². The number of carbonyl (C=O) groups is 1. The van der Waals surface area contributed by atoms with Crippen LogP contribution in [-0.4, -0.2) is 27.3 Å². The Morgan fingerprint density at radius 3 is 2.95 bits per heavy atom. The summed E-state index contributed by atoms with van der Waals surface area (Å²) in [5.74, 6) is -0.195. The van der Waals surface area contributed by atoms with Crippen molar-refractivity contribution in [3.8, 4) is 0 Å². The first kappa shape index (κ1) is 11.8. The molecule has 3 heterocycles. The number of hydrogen-bond donors (Lipinski definition) is 2. The topological polar surface area (TPSA) is 69.0 Å². The van der Waals surface area contributed by atoms with Gasteiger partial charge in [-0.25, -0.2) is 0 Å². The Bertz CT molecular complexity index is 630. The summed E-state index contributed by atoms with van der Waals surface area (Å²) < 4.78 is 0. The second-order valence-corrected chi connectivity index (χ2v) is 4.70. The number of pyridine rings is 1. The van der Waals surface area contributed by atoms with Crippen LogP contribution in [0.25, 0.3) is 0 Å². The fraction of sp³-hybridized carbons (Fsp3) is 0.286. The highest BCUT2D eigenvalue weighted by Gasteiger charge is 2.31. The van der Waals surface area contributed by atoms with Crippen molar-refractivity contribution >= 4 is 5.91 Å². The summed E-state index contributed by atoms with van der Waals surface area (Å²) in [6.45, 7) is 0.691. The lowest BCUT2D eigenvalue weighted by molar-refractivity contribution is 0.0731. The number of rotatable bonds is 2. The smallest absolute Gasteiger partial charge is 0.259 e. The molecular weight excluding hydrogens is 242 g/mol. The molecule has 3 rings (SSSR count). The second-order valence-electron chi connectivity index (χ2n) is 4.70. The van der Waals surface area contributed by atoms with Crippen molar-refractivity contribution in [2.45, 2.75) is 18.9 Å². The van der Waals surface area contributed by atoms with Gasteiger partial charge in [0.1, 0.15) is 5.56 Å². The zero-order chi connectivity index (χ0) is 13.2. The van der Waals surface area contributed by atoms with Crippen molar-refractivity contribution in [3.05, 3.63) is 58.3 Å². The summed E-state index contributed by atoms with van der Waals surface area (Å²) in [5.41, 5.74) is 1.00. The van der Waals surface area contributed by atoms with Gasteiger partial charge in [0.2, 0.25) is 0 Å². The van der Waals surface area contributed by atoms with Gasteiger partial charge in [0.15, 0.2) is 5.43 Å². The SMILES string of the molecule is O=C(c1c[nH]ccc1=O)N1CCCC1c1ccc[nH]1. The molecule has 0 aliphatic carbocycles. The van der Waals surface area contributed by atoms with E-state index in [1.165, 1.54) is 18.5 Å². The van der Waals surface area contributed by atoms with E-state index < -0.39 is 0 Å². The molecule has 0 radical (unpaired) electrons. The van der Waals surface area contributed by atoms with Gasteiger partial charge in [-0.3, -0.25) is 9.59 Å². The lowest BCUT2D eigenvalue weighted by Gasteiger charge is -2.23. The molecule has 5 heteroatoms. The number of H-pyrrole nitrogens is 2. The molecule has 98 valence electrons. The van der Waals surface area contributed by atoms with E-state index in [2.05, 4.69) is 9.97 Å². The van der Waals surface area contributed by atoms with Crippen molar-refractivity contribution in [3.63, 3.8) is 0 Å². The summed E-state index contributed by atoms with van der Waals surface area (Å²) in [5, 5.41) is 0. The molecule has 1 unspecified atom stereocenters. The number of nitrogens with zero attached hydrogens (tertiary/aromatic N) is 1. The van der Waals surface area contributed by atoms with Crippen LogP contribution in [0.1, 0.15) is 34.9 Å². The van der Waals surface area contributed by atoms with Gasteiger partial charge < -0.3 is 14.9 Å². The Morgan fingerprint density at radius 2 is 2.21 bits per heavy atom. The first-order chi connectivity index (χ1) is 9.27. The maximum absolute atomic E-state index is 12.5. The molecule has 1 amide bonds. The molecule has 1 saturated heterocycles. The van der Waals surface area contributed by atoms with Crippen LogP contribution in [-0.2, 0) is 0 Å². The van der Waals surface area contributed by atoms with Gasteiger partial charge in [0.05, 0.1) is 6.04 Å². The predicted molar refractivity (Wildman–Crippen MR) is 70.9 cm³/mol. The van der Waals surface area contributed by atoms with Crippen molar-refractivity contribution < 1.29 is 4.79 Å². The van der Waals surface area contributed by atoms with Crippen LogP contribution in [0.3, 0.4) is 0 Å². The number of amides is 1. The minimum atomic E-state index is -0.235. The first-order valence-electron chi connectivity index (χ1n) is 6.39. The molecular formula is C14H15N3O2. The molecule has 0 saturated carbocycles. The maximum atomic E-state index is 12.5. The number of hydrogen-bond acceptors (Lipinski definition) is 2. The molecule has 0 bridgehead atoms. The first-order valence-corrected chi connectivity index (χ1v) is 6.39. The quantitative estimate of drug-likeness (QED) is 0.859. The van der Waals surface area contributed by atoms with E-state index in [1.807, 2.05) is 18.3 Å². The third kappa shape index (κ3) is 2.07. The standard InChI is InChI=1S/C14H15N3O2/c18-13-5-7-15-9-10(13)14(19)17-8-2-4-12(17)11-3-1-6-16-11/h1,3,5-7,9,12,16H,2,4,8H2,(H,15,18). The van der Waals surface area contributed by atoms with E-state index in [-0.39, 0.29) is 22.9 Å². The molecule has 2 N–H and O–H groups in total. The fourth-order valence-electron chi connectivity index (χ4n) is 2.62. The summed E-state index contributed by atoms with van der Waals surface area (Å²) in [4.78, 5) is 31.9. The zero-order valence-electron chi connectivity index (χ0n) is 10.4. The largest absolute Gasteiger partial charge is 0.367 e. The summed E-state index contributed by atoms with van der Waals surface area (Å²) >= 11 is 0. The summed E-state index contributed by atoms with van der Waals surface area (Å²) in [7, 11) is 0. The third-order valence-corrected chi connectivity index (χ3v) is 3.55. The van der Waals surface area contributed by atoms with Crippen molar-refractivity contribution in [1.82, 2.24) is 14.9 Å². The van der Waals surface area contributed by atoms with Crippen LogP contribution in [0.15, 0.2) is 41.6 Å². The fourth-order valence-corrected chi connectivity index (χ4v) is 2.62. The van der Waals surface area contributed by atoms with Gasteiger partial charge in [0.25, 0.3) is 5.91 Å². The van der Waals surface area contributed by atoms with Crippen LogP contribution >= 0.6 is 0 Å². The molecule has 5 nitrogen and oxygen atoms in total. The lowest BCUT2D eigenvalue weighted by Crippen LogP contribution is -2.33. The number of aromatic nitrogens is 2. The molecule has 0 spiro atoms. The van der Waals surface area contributed by atoms with Crippen LogP contribution in [0.4, 0.5) is 0 Å². The minimum Gasteiger partial charge on any atom is -0.367 e. The highest BCUT2D eigenvalue weighted by atomic mass is 16.2. The predicted octanol–water partition coefficient (Wildman–Crippen LogP) is 1.68. The summed E-state index contributed by atoms with van der Waals surface area (Å²) in [6, 6.07) is 5.33. The molecule has 2 aromatic rings. The van der Waals surface area contributed by atoms with Gasteiger partial charge >= 0.3 is 0 Å². The van der Waals surface area contributed by atoms with Crippen LogP contribution < -0.4 is 5.43 Å². The third-order valence-electron chi connectivity index (χ3n) is 3.55. The van der Waals surface area contributed by atoms with E-state index in [0.717, 1.165) is 18.5 Å². The Hall–Kier alpha value is -2.30. The van der Waals surface area contributed by atoms with Gasteiger partial charge in [-0.05, 0) is 25.0 Å². The summed E-state index contributed by atoms with van der Waals surface area (Å²) in [6.07, 6.45) is 6.75. The van der Waals surface area contributed by atoms with Crippen LogP contribution in [0.5, 0.6) is 0 Å². The molecule has 1 atom stereocenters. The van der Waals surface area contributed by atoms with Crippen molar-refractivity contribution in [2.24, 2.45) is 0 Å². The second kappa shape index (κ2) is 4.76. The average molecular weight is 257 g/mol. The lowest BCUT2D eigenvalue weighted by atomic mass is 10.1. The number of nitrogens with one attached hydrogen (secondary N) is 2. The molecule has 0 aromatic carbocycles. The Labute approximate surface area is 110 Å². The molecule has 19 heavy (non-hydrogen) atoms. The normalized spacial score (nSPS) is 18.7. The van der Waals surface area contributed by atoms with E-state index >= 15 is 0 Å². The van der Waals surface area contributed by atoms with Gasteiger partial charge in [-0.1, -0.05) is 0 Å². The van der Waals surface area contributed by atoms with E-state index in [1.54, 1.807) is 4.90 Å². The molecule has 2 aromatic heterocycles. The highest BCUT2D eigenvalue weighted by Crippen LogP contribution is 2.31. The molecule has 1 aliphatic rings. The molecule has 1 aliphatic heterocycles. The highest BCUT2D eigenvalue weighted by molar-refractivity contribution is 5.94. The Balaban J connectivity index is 1.91. The minimum absolute atomic E-state index is 0.0436. The number of likely N-dealkylation sites (tertiary alicyclic amines) is 1. The van der Waals surface area contributed by atoms with Crippen molar-refractivity contribution in [2.75, 3.05) is 6.54 Å². The Kier molecular flexibility index (Phi) is 2.95. The van der Waals surface area contributed by atoms with E-state index in [4.69, 9.17) is 0 Å². The number of carbonyl (C=O) groups excluding carboxylic acids is 1. The van der Waals surface area contributed by atoms with E-state index in [9.17, 15) is 9.59 Å². The van der Waals surface area contributed by atoms with Crippen LogP contribution in [0, 0.1) is 0 Å². The zero-order valence-corrected chi connectivity index (χ0v) is 10.4. The van der Waals surface area contributed by atoms with Crippen molar-refractivity contribution in [1.29, 1.82) is 0 Å². The van der Waals surface area contributed by atoms with Gasteiger partial charge in [-0.2, -0.15) is 0 Å². The number of aromatic amines is 2.